The molecule has 0 aliphatic carbocycles. The number of carbonyl (C=O) groups is 2. The molecule has 1 aromatic carbocycles. The summed E-state index contributed by atoms with van der Waals surface area (Å²) in [4.78, 5) is 23.2. The summed E-state index contributed by atoms with van der Waals surface area (Å²) in [6, 6.07) is 8.19. The second kappa shape index (κ2) is 6.21. The van der Waals surface area contributed by atoms with Crippen LogP contribution in [0.2, 0.25) is 0 Å². The summed E-state index contributed by atoms with van der Waals surface area (Å²) in [6.07, 6.45) is 0.831. The number of primary amides is 1. The van der Waals surface area contributed by atoms with Crippen molar-refractivity contribution in [3.05, 3.63) is 47.3 Å². The van der Waals surface area contributed by atoms with Crippen molar-refractivity contribution >= 4 is 17.5 Å². The molecule has 6 heteroatoms. The van der Waals surface area contributed by atoms with Crippen molar-refractivity contribution in [2.45, 2.75) is 20.3 Å². The molecule has 0 saturated carbocycles. The second-order valence-electron chi connectivity index (χ2n) is 5.28. The predicted octanol–water partition coefficient (Wildman–Crippen LogP) is 1.96. The summed E-state index contributed by atoms with van der Waals surface area (Å²) in [5, 5.41) is 9.53. The van der Waals surface area contributed by atoms with Gasteiger partial charge in [0.1, 0.15) is 0 Å². The molecule has 0 spiro atoms. The van der Waals surface area contributed by atoms with Crippen LogP contribution >= 0.6 is 0 Å². The third kappa shape index (κ3) is 3.92. The summed E-state index contributed by atoms with van der Waals surface area (Å²) in [6.45, 7) is 4.19. The highest BCUT2D eigenvalue weighted by atomic mass is 16.2. The highest BCUT2D eigenvalue weighted by molar-refractivity contribution is 6.03. The Morgan fingerprint density at radius 1 is 1.33 bits per heavy atom. The number of aromatic amines is 1. The number of hydrogen-bond donors (Lipinski definition) is 3. The molecule has 2 amide bonds. The molecule has 0 unspecified atom stereocenters. The van der Waals surface area contributed by atoms with Crippen LogP contribution in [-0.2, 0) is 6.42 Å². The number of aromatic nitrogens is 2. The predicted molar refractivity (Wildman–Crippen MR) is 80.0 cm³/mol. The molecule has 1 aromatic heterocycles. The molecule has 0 aliphatic heterocycles. The van der Waals surface area contributed by atoms with Gasteiger partial charge in [-0.15, -0.1) is 0 Å². The van der Waals surface area contributed by atoms with Crippen LogP contribution in [0.15, 0.2) is 30.3 Å². The van der Waals surface area contributed by atoms with E-state index in [0.717, 1.165) is 12.1 Å². The fourth-order valence-corrected chi connectivity index (χ4v) is 1.97. The summed E-state index contributed by atoms with van der Waals surface area (Å²) in [5.74, 6) is -0.387. The van der Waals surface area contributed by atoms with Crippen molar-refractivity contribution < 1.29 is 9.59 Å². The van der Waals surface area contributed by atoms with Crippen LogP contribution in [0.1, 0.15) is 40.4 Å². The maximum atomic E-state index is 12.1. The Kier molecular flexibility index (Phi) is 4.37. The van der Waals surface area contributed by atoms with E-state index in [9.17, 15) is 9.59 Å². The lowest BCUT2D eigenvalue weighted by molar-refractivity contribution is 0.0995. The average Bonchev–Trinajstić information content (AvgIpc) is 2.86. The Hall–Kier alpha value is -2.63. The number of H-pyrrole nitrogens is 1. The van der Waals surface area contributed by atoms with Crippen molar-refractivity contribution in [2.75, 3.05) is 5.32 Å². The van der Waals surface area contributed by atoms with E-state index in [1.165, 1.54) is 6.07 Å². The Morgan fingerprint density at radius 3 is 2.76 bits per heavy atom. The van der Waals surface area contributed by atoms with Crippen molar-refractivity contribution in [1.82, 2.24) is 10.2 Å². The monoisotopic (exact) mass is 286 g/mol. The van der Waals surface area contributed by atoms with E-state index >= 15 is 0 Å². The molecule has 2 rings (SSSR count). The van der Waals surface area contributed by atoms with Gasteiger partial charge in [-0.1, -0.05) is 19.9 Å². The van der Waals surface area contributed by atoms with Crippen LogP contribution in [0.5, 0.6) is 0 Å². The van der Waals surface area contributed by atoms with Crippen LogP contribution < -0.4 is 11.1 Å². The van der Waals surface area contributed by atoms with Gasteiger partial charge in [-0.25, -0.2) is 0 Å². The molecule has 0 saturated heterocycles. The maximum absolute atomic E-state index is 12.1. The molecule has 0 bridgehead atoms. The van der Waals surface area contributed by atoms with Crippen molar-refractivity contribution in [2.24, 2.45) is 11.7 Å². The molecule has 0 aliphatic rings. The molecule has 110 valence electrons. The molecular formula is C15H18N4O2. The molecule has 2 aromatic rings. The van der Waals surface area contributed by atoms with Gasteiger partial charge < -0.3 is 11.1 Å². The SMILES string of the molecule is CC(C)Cc1cc(C(=O)Nc2cccc(C(N)=O)c2)n[nH]1. The quantitative estimate of drug-likeness (QED) is 0.783. The van der Waals surface area contributed by atoms with Crippen molar-refractivity contribution in [3.8, 4) is 0 Å². The lowest BCUT2D eigenvalue weighted by atomic mass is 10.1. The summed E-state index contributed by atoms with van der Waals surface area (Å²) >= 11 is 0. The van der Waals surface area contributed by atoms with Gasteiger partial charge in [0.15, 0.2) is 5.69 Å². The van der Waals surface area contributed by atoms with E-state index < -0.39 is 5.91 Å². The average molecular weight is 286 g/mol. The smallest absolute Gasteiger partial charge is 0.276 e. The largest absolute Gasteiger partial charge is 0.366 e. The number of anilines is 1. The van der Waals surface area contributed by atoms with Gasteiger partial charge in [-0.2, -0.15) is 5.10 Å². The van der Waals surface area contributed by atoms with Gasteiger partial charge in [-0.05, 0) is 36.6 Å². The third-order valence-corrected chi connectivity index (χ3v) is 2.90. The summed E-state index contributed by atoms with van der Waals surface area (Å²) in [7, 11) is 0. The molecule has 4 N–H and O–H groups in total. The van der Waals surface area contributed by atoms with Gasteiger partial charge in [-0.3, -0.25) is 14.7 Å². The van der Waals surface area contributed by atoms with Gasteiger partial charge in [0, 0.05) is 16.9 Å². The number of nitrogens with one attached hydrogen (secondary N) is 2. The standard InChI is InChI=1S/C15H18N4O2/c1-9(2)6-12-8-13(19-18-12)15(21)17-11-5-3-4-10(7-11)14(16)20/h3-5,7-9H,6H2,1-2H3,(H2,16,20)(H,17,21)(H,18,19). The minimum Gasteiger partial charge on any atom is -0.366 e. The van der Waals surface area contributed by atoms with Crippen LogP contribution in [0.25, 0.3) is 0 Å². The number of benzene rings is 1. The first-order chi connectivity index (χ1) is 9.95. The number of amides is 2. The molecule has 1 heterocycles. The maximum Gasteiger partial charge on any atom is 0.276 e. The molecule has 21 heavy (non-hydrogen) atoms. The van der Waals surface area contributed by atoms with Crippen molar-refractivity contribution in [1.29, 1.82) is 0 Å². The summed E-state index contributed by atoms with van der Waals surface area (Å²) < 4.78 is 0. The molecule has 0 fully saturated rings. The molecule has 0 radical (unpaired) electrons. The second-order valence-corrected chi connectivity index (χ2v) is 5.28. The Bertz CT molecular complexity index is 661. The van der Waals surface area contributed by atoms with E-state index in [2.05, 4.69) is 29.4 Å². The van der Waals surface area contributed by atoms with E-state index in [1.54, 1.807) is 24.3 Å². The topological polar surface area (TPSA) is 101 Å². The third-order valence-electron chi connectivity index (χ3n) is 2.90. The number of nitrogens with zero attached hydrogens (tertiary/aromatic N) is 1. The normalized spacial score (nSPS) is 10.6. The van der Waals surface area contributed by atoms with Gasteiger partial charge in [0.25, 0.3) is 5.91 Å². The highest BCUT2D eigenvalue weighted by Gasteiger charge is 2.12. The van der Waals surface area contributed by atoms with Gasteiger partial charge >= 0.3 is 0 Å². The van der Waals surface area contributed by atoms with Crippen LogP contribution in [-0.4, -0.2) is 22.0 Å². The lowest BCUT2D eigenvalue weighted by Crippen LogP contribution is -2.14. The first-order valence-corrected chi connectivity index (χ1v) is 6.71. The Labute approximate surface area is 122 Å². The van der Waals surface area contributed by atoms with Crippen LogP contribution in [0.4, 0.5) is 5.69 Å². The molecule has 0 atom stereocenters. The number of rotatable bonds is 5. The number of hydrogen-bond acceptors (Lipinski definition) is 3. The minimum atomic E-state index is -0.537. The van der Waals surface area contributed by atoms with Crippen LogP contribution in [0.3, 0.4) is 0 Å². The first-order valence-electron chi connectivity index (χ1n) is 6.71. The fraction of sp³-hybridized carbons (Fsp3) is 0.267. The van der Waals surface area contributed by atoms with E-state index in [1.807, 2.05) is 0 Å². The van der Waals surface area contributed by atoms with Gasteiger partial charge in [0.2, 0.25) is 5.91 Å². The highest BCUT2D eigenvalue weighted by Crippen LogP contribution is 2.12. The first kappa shape index (κ1) is 14.8. The Balaban J connectivity index is 2.09. The fourth-order valence-electron chi connectivity index (χ4n) is 1.97. The zero-order chi connectivity index (χ0) is 15.4. The van der Waals surface area contributed by atoms with Gasteiger partial charge in [0.05, 0.1) is 0 Å². The van der Waals surface area contributed by atoms with E-state index in [4.69, 9.17) is 5.73 Å². The zero-order valence-corrected chi connectivity index (χ0v) is 12.0. The van der Waals surface area contributed by atoms with Crippen LogP contribution in [0, 0.1) is 5.92 Å². The number of carbonyl (C=O) groups excluding carboxylic acids is 2. The summed E-state index contributed by atoms with van der Waals surface area (Å²) in [5.41, 5.74) is 7.29. The minimum absolute atomic E-state index is 0.315. The van der Waals surface area contributed by atoms with E-state index in [-0.39, 0.29) is 5.91 Å². The Morgan fingerprint density at radius 2 is 2.10 bits per heavy atom. The molecule has 6 nitrogen and oxygen atoms in total. The van der Waals surface area contributed by atoms with E-state index in [0.29, 0.717) is 22.9 Å². The van der Waals surface area contributed by atoms with Crippen molar-refractivity contribution in [3.63, 3.8) is 0 Å². The zero-order valence-electron chi connectivity index (χ0n) is 12.0. The molecular weight excluding hydrogens is 268 g/mol. The number of nitrogens with two attached hydrogens (primary N) is 1. The lowest BCUT2D eigenvalue weighted by Gasteiger charge is -2.04.